The number of carbonyl (C=O) groups excluding carboxylic acids is 2. The Morgan fingerprint density at radius 2 is 1.76 bits per heavy atom. The Kier molecular flexibility index (Phi) is 6.92. The molecule has 0 saturated carbocycles. The van der Waals surface area contributed by atoms with Gasteiger partial charge in [-0.3, -0.25) is 9.59 Å². The van der Waals surface area contributed by atoms with Crippen LogP contribution in [-0.4, -0.2) is 18.4 Å². The van der Waals surface area contributed by atoms with Crippen molar-refractivity contribution in [2.24, 2.45) is 0 Å². The van der Waals surface area contributed by atoms with Gasteiger partial charge in [0.25, 0.3) is 0 Å². The topological polar surface area (TPSA) is 67.4 Å². The Morgan fingerprint density at radius 3 is 2.38 bits per heavy atom. The highest BCUT2D eigenvalue weighted by Gasteiger charge is 2.34. The highest BCUT2D eigenvalue weighted by atomic mass is 19.4. The van der Waals surface area contributed by atoms with E-state index in [1.807, 2.05) is 0 Å². The molecule has 5 nitrogen and oxygen atoms in total. The Labute approximate surface area is 162 Å². The van der Waals surface area contributed by atoms with Crippen LogP contribution in [0.2, 0.25) is 0 Å². The Hall–Kier alpha value is -3.43. The molecule has 0 radical (unpaired) electrons. The molecule has 0 spiro atoms. The van der Waals surface area contributed by atoms with Crippen molar-refractivity contribution in [3.8, 4) is 5.75 Å². The molecule has 10 heteroatoms. The quantitative estimate of drug-likeness (QED) is 0.521. The first-order valence-corrected chi connectivity index (χ1v) is 8.08. The zero-order valence-corrected chi connectivity index (χ0v) is 14.9. The maximum Gasteiger partial charge on any atom is 0.418 e. The third-order valence-electron chi connectivity index (χ3n) is 3.45. The van der Waals surface area contributed by atoms with E-state index in [0.717, 1.165) is 25.1 Å². The minimum absolute atomic E-state index is 0.0866. The van der Waals surface area contributed by atoms with Crippen LogP contribution in [0.4, 0.5) is 33.3 Å². The van der Waals surface area contributed by atoms with Crippen LogP contribution in [0.3, 0.4) is 0 Å². The lowest BCUT2D eigenvalue weighted by atomic mass is 10.1. The molecule has 154 valence electrons. The van der Waals surface area contributed by atoms with Gasteiger partial charge < -0.3 is 15.4 Å². The fourth-order valence-corrected chi connectivity index (χ4v) is 2.33. The minimum Gasteiger partial charge on any atom is -0.434 e. The molecule has 0 unspecified atom stereocenters. The maximum absolute atomic E-state index is 13.3. The fourth-order valence-electron chi connectivity index (χ4n) is 2.33. The highest BCUT2D eigenvalue weighted by Crippen LogP contribution is 2.36. The van der Waals surface area contributed by atoms with E-state index in [2.05, 4.69) is 15.4 Å². The molecule has 2 rings (SSSR count). The van der Waals surface area contributed by atoms with Gasteiger partial charge in [0.15, 0.2) is 0 Å². The van der Waals surface area contributed by atoms with Gasteiger partial charge >= 0.3 is 12.8 Å². The zero-order valence-electron chi connectivity index (χ0n) is 14.9. The number of benzene rings is 2. The molecule has 0 aromatic heterocycles. The van der Waals surface area contributed by atoms with Crippen molar-refractivity contribution in [2.45, 2.75) is 19.7 Å². The SMILES string of the molecule is CC(=O)Nc1ccc(NC(=O)/C=C/c2ccccc2OC(F)F)c(C(F)(F)F)c1. The van der Waals surface area contributed by atoms with Gasteiger partial charge in [0.2, 0.25) is 11.8 Å². The Morgan fingerprint density at radius 1 is 1.07 bits per heavy atom. The van der Waals surface area contributed by atoms with Crippen LogP contribution in [0.15, 0.2) is 48.5 Å². The minimum atomic E-state index is -4.79. The van der Waals surface area contributed by atoms with Crippen LogP contribution in [-0.2, 0) is 15.8 Å². The van der Waals surface area contributed by atoms with Crippen LogP contribution >= 0.6 is 0 Å². The summed E-state index contributed by atoms with van der Waals surface area (Å²) < 4.78 is 68.9. The lowest BCUT2D eigenvalue weighted by Gasteiger charge is -2.15. The van der Waals surface area contributed by atoms with Gasteiger partial charge in [-0.15, -0.1) is 0 Å². The number of alkyl halides is 5. The van der Waals surface area contributed by atoms with Crippen molar-refractivity contribution in [3.63, 3.8) is 0 Å². The molecular weight excluding hydrogens is 399 g/mol. The van der Waals surface area contributed by atoms with Gasteiger partial charge in [0.1, 0.15) is 5.75 Å². The summed E-state index contributed by atoms with van der Waals surface area (Å²) in [5, 5.41) is 4.31. The summed E-state index contributed by atoms with van der Waals surface area (Å²) in [6.07, 6.45) is -2.78. The van der Waals surface area contributed by atoms with E-state index in [1.54, 1.807) is 0 Å². The highest BCUT2D eigenvalue weighted by molar-refractivity contribution is 6.03. The summed E-state index contributed by atoms with van der Waals surface area (Å²) in [6.45, 7) is -1.93. The van der Waals surface area contributed by atoms with E-state index in [9.17, 15) is 31.5 Å². The van der Waals surface area contributed by atoms with Crippen molar-refractivity contribution >= 4 is 29.3 Å². The van der Waals surface area contributed by atoms with Gasteiger partial charge in [-0.05, 0) is 30.3 Å². The second kappa shape index (κ2) is 9.18. The maximum atomic E-state index is 13.3. The van der Waals surface area contributed by atoms with Gasteiger partial charge in [-0.25, -0.2) is 0 Å². The normalized spacial score (nSPS) is 11.6. The van der Waals surface area contributed by atoms with E-state index >= 15 is 0 Å². The number of amides is 2. The summed E-state index contributed by atoms with van der Waals surface area (Å²) in [4.78, 5) is 23.1. The molecule has 2 N–H and O–H groups in total. The number of hydrogen-bond donors (Lipinski definition) is 2. The van der Waals surface area contributed by atoms with Gasteiger partial charge in [0, 0.05) is 24.3 Å². The van der Waals surface area contributed by atoms with Gasteiger partial charge in [-0.1, -0.05) is 18.2 Å². The molecule has 2 aromatic carbocycles. The third-order valence-corrected chi connectivity index (χ3v) is 3.45. The first-order valence-electron chi connectivity index (χ1n) is 8.08. The third kappa shape index (κ3) is 6.59. The fraction of sp³-hybridized carbons (Fsp3) is 0.158. The molecule has 0 fully saturated rings. The lowest BCUT2D eigenvalue weighted by molar-refractivity contribution is -0.137. The summed E-state index contributed by atoms with van der Waals surface area (Å²) in [6, 6.07) is 8.48. The Bertz CT molecular complexity index is 926. The standard InChI is InChI=1S/C19H15F5N2O3/c1-11(27)25-13-7-8-15(14(10-13)19(22,23)24)26-17(28)9-6-12-4-2-3-5-16(12)29-18(20)21/h2-10,18H,1H3,(H,25,27)(H,26,28)/b9-6+. The number of nitrogens with one attached hydrogen (secondary N) is 2. The molecule has 2 amide bonds. The molecule has 0 aliphatic heterocycles. The van der Waals surface area contributed by atoms with E-state index in [1.165, 1.54) is 30.3 Å². The van der Waals surface area contributed by atoms with Crippen molar-refractivity contribution in [1.82, 2.24) is 0 Å². The smallest absolute Gasteiger partial charge is 0.418 e. The first-order chi connectivity index (χ1) is 13.6. The van der Waals surface area contributed by atoms with Crippen molar-refractivity contribution in [1.29, 1.82) is 0 Å². The van der Waals surface area contributed by atoms with Crippen molar-refractivity contribution in [3.05, 3.63) is 59.7 Å². The number of carbonyl (C=O) groups is 2. The van der Waals surface area contributed by atoms with E-state index < -0.39 is 35.9 Å². The van der Waals surface area contributed by atoms with Crippen molar-refractivity contribution < 1.29 is 36.3 Å². The average Bonchev–Trinajstić information content (AvgIpc) is 2.60. The van der Waals surface area contributed by atoms with Gasteiger partial charge in [-0.2, -0.15) is 22.0 Å². The van der Waals surface area contributed by atoms with Crippen LogP contribution in [0, 0.1) is 0 Å². The molecule has 0 saturated heterocycles. The Balaban J connectivity index is 2.23. The van der Waals surface area contributed by atoms with Crippen LogP contribution < -0.4 is 15.4 Å². The summed E-state index contributed by atoms with van der Waals surface area (Å²) in [7, 11) is 0. The second-order valence-electron chi connectivity index (χ2n) is 5.68. The molecule has 0 atom stereocenters. The van der Waals surface area contributed by atoms with E-state index in [-0.39, 0.29) is 17.0 Å². The molecule has 0 heterocycles. The number of ether oxygens (including phenoxy) is 1. The summed E-state index contributed by atoms with van der Waals surface area (Å²) in [5.41, 5.74) is -1.64. The number of hydrogen-bond acceptors (Lipinski definition) is 3. The predicted molar refractivity (Wildman–Crippen MR) is 96.5 cm³/mol. The van der Waals surface area contributed by atoms with Crippen LogP contribution in [0.1, 0.15) is 18.1 Å². The number of halogens is 5. The largest absolute Gasteiger partial charge is 0.434 e. The lowest BCUT2D eigenvalue weighted by Crippen LogP contribution is -2.16. The number of anilines is 2. The first kappa shape index (κ1) is 21.9. The number of rotatable bonds is 6. The molecule has 0 bridgehead atoms. The van der Waals surface area contributed by atoms with E-state index in [4.69, 9.17) is 0 Å². The van der Waals surface area contributed by atoms with Crippen LogP contribution in [0.5, 0.6) is 5.75 Å². The molecule has 29 heavy (non-hydrogen) atoms. The molecule has 2 aromatic rings. The van der Waals surface area contributed by atoms with Gasteiger partial charge in [0.05, 0.1) is 11.3 Å². The predicted octanol–water partition coefficient (Wildman–Crippen LogP) is 4.92. The molecule has 0 aliphatic carbocycles. The average molecular weight is 414 g/mol. The number of para-hydroxylation sites is 1. The molecular formula is C19H15F5N2O3. The zero-order chi connectivity index (χ0) is 21.6. The summed E-state index contributed by atoms with van der Waals surface area (Å²) in [5.74, 6) is -1.67. The van der Waals surface area contributed by atoms with Crippen LogP contribution in [0.25, 0.3) is 6.08 Å². The second-order valence-corrected chi connectivity index (χ2v) is 5.68. The van der Waals surface area contributed by atoms with E-state index in [0.29, 0.717) is 6.07 Å². The monoisotopic (exact) mass is 414 g/mol. The molecule has 0 aliphatic rings. The van der Waals surface area contributed by atoms with Crippen molar-refractivity contribution in [2.75, 3.05) is 10.6 Å². The summed E-state index contributed by atoms with van der Waals surface area (Å²) >= 11 is 0.